The van der Waals surface area contributed by atoms with Gasteiger partial charge in [0.25, 0.3) is 11.9 Å². The van der Waals surface area contributed by atoms with Gasteiger partial charge in [0.05, 0.1) is 28.7 Å². The Labute approximate surface area is 208 Å². The van der Waals surface area contributed by atoms with Crippen LogP contribution in [0.3, 0.4) is 0 Å². The molecule has 0 saturated heterocycles. The van der Waals surface area contributed by atoms with E-state index in [9.17, 15) is 4.79 Å². The van der Waals surface area contributed by atoms with Crippen LogP contribution >= 0.6 is 0 Å². The van der Waals surface area contributed by atoms with E-state index in [0.717, 1.165) is 64.7 Å². The lowest BCUT2D eigenvalue weighted by Gasteiger charge is -2.19. The third kappa shape index (κ3) is 3.64. The first-order valence-corrected chi connectivity index (χ1v) is 12.4. The standard InChI is InChI=1S/C29H24N6O/c36-28(31-15-18-13-21-6-2-4-8-25(21)30-14-18)24-17-33-35(27(24)20-10-11-20)29-32-16-22-12-9-19-5-1-3-7-23(19)26(22)34-29/h1-8,13-14,16-17,20H,9-12,15H2,(H,31,36). The second kappa shape index (κ2) is 8.37. The molecule has 0 atom stereocenters. The lowest BCUT2D eigenvalue weighted by atomic mass is 9.90. The molecule has 1 fully saturated rings. The largest absolute Gasteiger partial charge is 0.348 e. The number of aryl methyl sites for hydroxylation is 2. The second-order valence-corrected chi connectivity index (χ2v) is 9.55. The van der Waals surface area contributed by atoms with Gasteiger partial charge in [0, 0.05) is 35.8 Å². The molecule has 0 radical (unpaired) electrons. The SMILES string of the molecule is O=C(NCc1cnc2ccccc2c1)c1cnn(-c2ncc3c(n2)-c2ccccc2CC3)c1C1CC1. The summed E-state index contributed by atoms with van der Waals surface area (Å²) in [6.45, 7) is 0.401. The third-order valence-corrected chi connectivity index (χ3v) is 7.09. The molecule has 1 saturated carbocycles. The molecular formula is C29H24N6O. The second-order valence-electron chi connectivity index (χ2n) is 9.55. The van der Waals surface area contributed by atoms with Crippen molar-refractivity contribution in [3.63, 3.8) is 0 Å². The normalized spacial score (nSPS) is 14.3. The monoisotopic (exact) mass is 472 g/mol. The number of rotatable bonds is 5. The molecule has 7 heteroatoms. The predicted molar refractivity (Wildman–Crippen MR) is 137 cm³/mol. The summed E-state index contributed by atoms with van der Waals surface area (Å²) in [6.07, 6.45) is 9.38. The van der Waals surface area contributed by atoms with E-state index in [1.165, 1.54) is 5.56 Å². The lowest BCUT2D eigenvalue weighted by Crippen LogP contribution is -2.24. The number of carbonyl (C=O) groups excluding carboxylic acids is 1. The van der Waals surface area contributed by atoms with E-state index in [0.29, 0.717) is 24.0 Å². The number of nitrogens with one attached hydrogen (secondary N) is 1. The minimum atomic E-state index is -0.139. The molecule has 5 aromatic rings. The van der Waals surface area contributed by atoms with E-state index in [1.807, 2.05) is 42.7 Å². The highest BCUT2D eigenvalue weighted by atomic mass is 16.1. The zero-order chi connectivity index (χ0) is 24.1. The molecule has 7 rings (SSSR count). The number of fused-ring (bicyclic) bond motifs is 4. The molecule has 3 aromatic heterocycles. The quantitative estimate of drug-likeness (QED) is 0.398. The number of hydrogen-bond donors (Lipinski definition) is 1. The summed E-state index contributed by atoms with van der Waals surface area (Å²) >= 11 is 0. The molecule has 1 N–H and O–H groups in total. The maximum Gasteiger partial charge on any atom is 0.255 e. The number of amides is 1. The Morgan fingerprint density at radius 3 is 2.69 bits per heavy atom. The molecule has 0 unspecified atom stereocenters. The molecule has 176 valence electrons. The maximum absolute atomic E-state index is 13.2. The van der Waals surface area contributed by atoms with Crippen LogP contribution in [-0.2, 0) is 19.4 Å². The Bertz CT molecular complexity index is 1630. The Morgan fingerprint density at radius 1 is 0.944 bits per heavy atom. The molecule has 2 aromatic carbocycles. The van der Waals surface area contributed by atoms with Crippen LogP contribution in [0, 0.1) is 0 Å². The summed E-state index contributed by atoms with van der Waals surface area (Å²) < 4.78 is 1.77. The van der Waals surface area contributed by atoms with Crippen molar-refractivity contribution < 1.29 is 4.79 Å². The Morgan fingerprint density at radius 2 is 1.78 bits per heavy atom. The van der Waals surface area contributed by atoms with Crippen molar-refractivity contribution in [1.82, 2.24) is 30.0 Å². The first-order chi connectivity index (χ1) is 17.7. The zero-order valence-electron chi connectivity index (χ0n) is 19.7. The molecule has 0 spiro atoms. The van der Waals surface area contributed by atoms with Gasteiger partial charge in [-0.3, -0.25) is 9.78 Å². The molecule has 0 bridgehead atoms. The molecular weight excluding hydrogens is 448 g/mol. The van der Waals surface area contributed by atoms with E-state index in [1.54, 1.807) is 10.9 Å². The van der Waals surface area contributed by atoms with Gasteiger partial charge in [0.2, 0.25) is 0 Å². The van der Waals surface area contributed by atoms with Crippen molar-refractivity contribution in [2.45, 2.75) is 38.1 Å². The van der Waals surface area contributed by atoms with Gasteiger partial charge < -0.3 is 5.32 Å². The van der Waals surface area contributed by atoms with Gasteiger partial charge >= 0.3 is 0 Å². The first kappa shape index (κ1) is 20.9. The Kier molecular flexibility index (Phi) is 4.87. The van der Waals surface area contributed by atoms with Crippen molar-refractivity contribution in [2.75, 3.05) is 0 Å². The van der Waals surface area contributed by atoms with Gasteiger partial charge in [-0.25, -0.2) is 14.6 Å². The molecule has 36 heavy (non-hydrogen) atoms. The van der Waals surface area contributed by atoms with Gasteiger partial charge in [0.1, 0.15) is 0 Å². The molecule has 2 aliphatic rings. The fraction of sp³-hybridized carbons (Fsp3) is 0.207. The summed E-state index contributed by atoms with van der Waals surface area (Å²) in [7, 11) is 0. The minimum Gasteiger partial charge on any atom is -0.348 e. The number of hydrogen-bond acceptors (Lipinski definition) is 5. The van der Waals surface area contributed by atoms with Crippen molar-refractivity contribution in [2.24, 2.45) is 0 Å². The van der Waals surface area contributed by atoms with Crippen molar-refractivity contribution in [3.05, 3.63) is 101 Å². The van der Waals surface area contributed by atoms with E-state index in [4.69, 9.17) is 4.98 Å². The maximum atomic E-state index is 13.2. The van der Waals surface area contributed by atoms with Crippen molar-refractivity contribution >= 4 is 16.8 Å². The van der Waals surface area contributed by atoms with Gasteiger partial charge in [0.15, 0.2) is 0 Å². The number of carbonyl (C=O) groups is 1. The molecule has 7 nitrogen and oxygen atoms in total. The van der Waals surface area contributed by atoms with Crippen molar-refractivity contribution in [3.8, 4) is 17.2 Å². The first-order valence-electron chi connectivity index (χ1n) is 12.4. The fourth-order valence-corrected chi connectivity index (χ4v) is 5.09. The molecule has 1 amide bonds. The van der Waals surface area contributed by atoms with E-state index in [2.05, 4.69) is 44.6 Å². The van der Waals surface area contributed by atoms with Crippen LogP contribution in [0.5, 0.6) is 0 Å². The summed E-state index contributed by atoms with van der Waals surface area (Å²) in [4.78, 5) is 27.3. The predicted octanol–water partition coefficient (Wildman–Crippen LogP) is 4.78. The number of aromatic nitrogens is 5. The van der Waals surface area contributed by atoms with Gasteiger partial charge in [-0.1, -0.05) is 42.5 Å². The van der Waals surface area contributed by atoms with Crippen LogP contribution < -0.4 is 5.32 Å². The van der Waals surface area contributed by atoms with Crippen molar-refractivity contribution in [1.29, 1.82) is 0 Å². The molecule has 0 aliphatic heterocycles. The average molecular weight is 473 g/mol. The van der Waals surface area contributed by atoms with Crippen LogP contribution in [0.4, 0.5) is 0 Å². The van der Waals surface area contributed by atoms with Gasteiger partial charge in [-0.05, 0) is 54.5 Å². The topological polar surface area (TPSA) is 85.6 Å². The highest BCUT2D eigenvalue weighted by molar-refractivity contribution is 5.95. The van der Waals surface area contributed by atoms with Crippen LogP contribution in [0.1, 0.15) is 51.5 Å². The van der Waals surface area contributed by atoms with Crippen LogP contribution in [0.15, 0.2) is 73.2 Å². The average Bonchev–Trinajstić information content (AvgIpc) is 3.68. The minimum absolute atomic E-state index is 0.139. The summed E-state index contributed by atoms with van der Waals surface area (Å²) in [6, 6.07) is 18.4. The van der Waals surface area contributed by atoms with E-state index >= 15 is 0 Å². The number of para-hydroxylation sites is 1. The fourth-order valence-electron chi connectivity index (χ4n) is 5.09. The Hall–Kier alpha value is -4.39. The summed E-state index contributed by atoms with van der Waals surface area (Å²) in [5.74, 6) is 0.673. The summed E-state index contributed by atoms with van der Waals surface area (Å²) in [5.41, 5.74) is 7.97. The molecule has 2 aliphatic carbocycles. The van der Waals surface area contributed by atoms with Crippen LogP contribution in [0.25, 0.3) is 28.1 Å². The van der Waals surface area contributed by atoms with Crippen LogP contribution in [0.2, 0.25) is 0 Å². The van der Waals surface area contributed by atoms with Gasteiger partial charge in [-0.2, -0.15) is 5.10 Å². The Balaban J connectivity index is 1.19. The summed E-state index contributed by atoms with van der Waals surface area (Å²) in [5, 5.41) is 8.70. The van der Waals surface area contributed by atoms with Crippen LogP contribution in [-0.4, -0.2) is 30.6 Å². The zero-order valence-corrected chi connectivity index (χ0v) is 19.7. The lowest BCUT2D eigenvalue weighted by molar-refractivity contribution is 0.0950. The highest BCUT2D eigenvalue weighted by Crippen LogP contribution is 2.42. The van der Waals surface area contributed by atoms with E-state index in [-0.39, 0.29) is 5.91 Å². The van der Waals surface area contributed by atoms with E-state index < -0.39 is 0 Å². The number of pyridine rings is 1. The number of nitrogens with zero attached hydrogens (tertiary/aromatic N) is 5. The number of benzene rings is 2. The molecule has 3 heterocycles. The van der Waals surface area contributed by atoms with Gasteiger partial charge in [-0.15, -0.1) is 0 Å². The highest BCUT2D eigenvalue weighted by Gasteiger charge is 2.34. The third-order valence-electron chi connectivity index (χ3n) is 7.09. The smallest absolute Gasteiger partial charge is 0.255 e.